The average Bonchev–Trinajstić information content (AvgIpc) is 3.07. The molecule has 0 atom stereocenters. The van der Waals surface area contributed by atoms with Crippen molar-refractivity contribution in [3.63, 3.8) is 0 Å². The van der Waals surface area contributed by atoms with Crippen LogP contribution in [0.3, 0.4) is 0 Å². The molecule has 1 aromatic heterocycles. The Balaban J connectivity index is 2.93. The molecule has 1 aromatic carbocycles. The maximum atomic E-state index is 13.1. The summed E-state index contributed by atoms with van der Waals surface area (Å²) in [5.41, 5.74) is -4.22. The lowest BCUT2D eigenvalue weighted by atomic mass is 10.0. The summed E-state index contributed by atoms with van der Waals surface area (Å²) in [5, 5.41) is -0.780. The van der Waals surface area contributed by atoms with Crippen LogP contribution in [0.5, 0.6) is 0 Å². The van der Waals surface area contributed by atoms with Crippen molar-refractivity contribution in [1.29, 1.82) is 0 Å². The third kappa shape index (κ3) is 4.74. The molecule has 162 valence electrons. The Morgan fingerprint density at radius 2 is 1.34 bits per heavy atom. The zero-order valence-electron chi connectivity index (χ0n) is 14.8. The van der Waals surface area contributed by atoms with E-state index < -0.39 is 71.3 Å². The lowest BCUT2D eigenvalue weighted by Crippen LogP contribution is -2.16. The molecule has 6 nitrogen and oxygen atoms in total. The van der Waals surface area contributed by atoms with Gasteiger partial charge in [-0.05, 0) is 25.1 Å². The summed E-state index contributed by atoms with van der Waals surface area (Å²) in [7, 11) is -8.39. The minimum atomic E-state index is -5.17. The van der Waals surface area contributed by atoms with Gasteiger partial charge in [0.05, 0.1) is 28.8 Å². The van der Waals surface area contributed by atoms with Crippen LogP contribution in [0, 0.1) is 0 Å². The first-order chi connectivity index (χ1) is 13.0. The van der Waals surface area contributed by atoms with Gasteiger partial charge < -0.3 is 0 Å². The van der Waals surface area contributed by atoms with Gasteiger partial charge in [-0.25, -0.2) is 25.8 Å². The summed E-state index contributed by atoms with van der Waals surface area (Å²) in [5.74, 6) is -1.98. The second-order valence-electron chi connectivity index (χ2n) is 5.80. The first-order valence-corrected chi connectivity index (χ1v) is 11.1. The number of aromatic nitrogens is 2. The third-order valence-corrected chi connectivity index (χ3v) is 7.06. The topological polar surface area (TPSA) is 86.1 Å². The number of hydrogen-bond acceptors (Lipinski definition) is 5. The third-order valence-electron chi connectivity index (χ3n) is 3.86. The van der Waals surface area contributed by atoms with Crippen molar-refractivity contribution in [1.82, 2.24) is 8.96 Å². The normalized spacial score (nSPS) is 13.7. The molecule has 0 aliphatic rings. The largest absolute Gasteiger partial charge is 0.416 e. The number of sulfone groups is 1. The minimum absolute atomic E-state index is 0.130. The summed E-state index contributed by atoms with van der Waals surface area (Å²) in [6, 6.07) is 0.429. The van der Waals surface area contributed by atoms with Gasteiger partial charge in [-0.3, -0.25) is 0 Å². The Morgan fingerprint density at radius 1 is 0.862 bits per heavy atom. The highest BCUT2D eigenvalue weighted by Crippen LogP contribution is 2.38. The predicted octanol–water partition coefficient (Wildman–Crippen LogP) is 3.58. The Morgan fingerprint density at radius 3 is 1.72 bits per heavy atom. The van der Waals surface area contributed by atoms with E-state index in [4.69, 9.17) is 0 Å². The number of imidazole rings is 1. The van der Waals surface area contributed by atoms with Gasteiger partial charge >= 0.3 is 12.4 Å². The van der Waals surface area contributed by atoms with Gasteiger partial charge in [0.15, 0.2) is 20.7 Å². The van der Waals surface area contributed by atoms with Crippen molar-refractivity contribution in [3.05, 3.63) is 35.5 Å². The van der Waals surface area contributed by atoms with Crippen LogP contribution >= 0.6 is 0 Å². The fourth-order valence-electron chi connectivity index (χ4n) is 2.27. The number of hydrogen-bond donors (Lipinski definition) is 0. The van der Waals surface area contributed by atoms with E-state index in [0.29, 0.717) is 6.20 Å². The monoisotopic (exact) mass is 464 g/mol. The smallest absolute Gasteiger partial charge is 0.225 e. The van der Waals surface area contributed by atoms with E-state index in [1.54, 1.807) is 0 Å². The van der Waals surface area contributed by atoms with Gasteiger partial charge in [0.25, 0.3) is 0 Å². The zero-order chi connectivity index (χ0) is 22.4. The molecule has 2 rings (SSSR count). The van der Waals surface area contributed by atoms with Crippen molar-refractivity contribution in [3.8, 4) is 11.4 Å². The van der Waals surface area contributed by atoms with Crippen LogP contribution in [0.1, 0.15) is 25.0 Å². The lowest BCUT2D eigenvalue weighted by molar-refractivity contribution is -0.143. The predicted molar refractivity (Wildman–Crippen MR) is 90.3 cm³/mol. The SMILES string of the molecule is CCS(=O)(=O)c1cn(S(=O)(=O)CC)c(-c2cc(C(F)(F)F)cc(C(F)(F)F)c2)n1. The molecule has 0 amide bonds. The molecule has 0 saturated carbocycles. The Kier molecular flexibility index (Phi) is 5.84. The molecule has 0 fully saturated rings. The Labute approximate surface area is 162 Å². The summed E-state index contributed by atoms with van der Waals surface area (Å²) >= 11 is 0. The van der Waals surface area contributed by atoms with Crippen LogP contribution < -0.4 is 0 Å². The first kappa shape index (κ1) is 23.2. The van der Waals surface area contributed by atoms with E-state index in [2.05, 4.69) is 4.98 Å². The van der Waals surface area contributed by atoms with Crippen LogP contribution in [-0.2, 0) is 32.2 Å². The van der Waals surface area contributed by atoms with Crippen LogP contribution in [0.4, 0.5) is 26.3 Å². The molecule has 14 heteroatoms. The number of nitrogens with zero attached hydrogens (tertiary/aromatic N) is 2. The van der Waals surface area contributed by atoms with Crippen molar-refractivity contribution in [2.45, 2.75) is 31.2 Å². The molecule has 0 aliphatic carbocycles. The van der Waals surface area contributed by atoms with Gasteiger partial charge in [0, 0.05) is 5.56 Å². The molecule has 1 heterocycles. The quantitative estimate of drug-likeness (QED) is 0.632. The molecule has 0 N–H and O–H groups in total. The van der Waals surface area contributed by atoms with Crippen molar-refractivity contribution >= 4 is 19.9 Å². The highest BCUT2D eigenvalue weighted by molar-refractivity contribution is 7.91. The van der Waals surface area contributed by atoms with E-state index in [0.717, 1.165) is 0 Å². The molecule has 2 aromatic rings. The Bertz CT molecular complexity index is 1100. The molecule has 0 aliphatic heterocycles. The molecule has 0 spiro atoms. The van der Waals surface area contributed by atoms with Crippen LogP contribution in [0.15, 0.2) is 29.4 Å². The summed E-state index contributed by atoms with van der Waals surface area (Å²) in [6.07, 6.45) is -9.77. The first-order valence-electron chi connectivity index (χ1n) is 7.88. The van der Waals surface area contributed by atoms with Crippen LogP contribution in [0.25, 0.3) is 11.4 Å². The Hall–Kier alpha value is -2.09. The average molecular weight is 464 g/mol. The summed E-state index contributed by atoms with van der Waals surface area (Å²) in [4.78, 5) is 3.54. The molecule has 0 bridgehead atoms. The van der Waals surface area contributed by atoms with Crippen molar-refractivity contribution in [2.24, 2.45) is 0 Å². The second-order valence-corrected chi connectivity index (χ2v) is 10.2. The van der Waals surface area contributed by atoms with E-state index in [1.807, 2.05) is 0 Å². The van der Waals surface area contributed by atoms with Crippen LogP contribution in [0.2, 0.25) is 0 Å². The lowest BCUT2D eigenvalue weighted by Gasteiger charge is -2.14. The van der Waals surface area contributed by atoms with Gasteiger partial charge in [0.1, 0.15) is 0 Å². The molecule has 0 radical (unpaired) electrons. The summed E-state index contributed by atoms with van der Waals surface area (Å²) < 4.78 is 127. The van der Waals surface area contributed by atoms with E-state index in [-0.39, 0.29) is 22.2 Å². The van der Waals surface area contributed by atoms with Gasteiger partial charge in [0.2, 0.25) is 10.0 Å². The fraction of sp³-hybridized carbons (Fsp3) is 0.400. The van der Waals surface area contributed by atoms with Gasteiger partial charge in [-0.15, -0.1) is 0 Å². The second kappa shape index (κ2) is 7.31. The van der Waals surface area contributed by atoms with Gasteiger partial charge in [-0.2, -0.15) is 26.3 Å². The van der Waals surface area contributed by atoms with E-state index >= 15 is 0 Å². The molecule has 0 saturated heterocycles. The highest BCUT2D eigenvalue weighted by atomic mass is 32.2. The fourth-order valence-corrected chi connectivity index (χ4v) is 4.07. The van der Waals surface area contributed by atoms with Gasteiger partial charge in [-0.1, -0.05) is 6.92 Å². The summed E-state index contributed by atoms with van der Waals surface area (Å²) in [6.45, 7) is 2.38. The molecular formula is C15H14F6N2O4S2. The maximum Gasteiger partial charge on any atom is 0.416 e. The zero-order valence-corrected chi connectivity index (χ0v) is 16.5. The molecular weight excluding hydrogens is 450 g/mol. The maximum absolute atomic E-state index is 13.1. The molecule has 29 heavy (non-hydrogen) atoms. The van der Waals surface area contributed by atoms with Crippen molar-refractivity contribution in [2.75, 3.05) is 11.5 Å². The van der Waals surface area contributed by atoms with E-state index in [9.17, 15) is 43.2 Å². The number of halogens is 6. The highest BCUT2D eigenvalue weighted by Gasteiger charge is 2.38. The van der Waals surface area contributed by atoms with Crippen molar-refractivity contribution < 1.29 is 43.2 Å². The van der Waals surface area contributed by atoms with Crippen LogP contribution in [-0.4, -0.2) is 37.3 Å². The number of rotatable bonds is 5. The minimum Gasteiger partial charge on any atom is -0.225 e. The van der Waals surface area contributed by atoms with E-state index in [1.165, 1.54) is 13.8 Å². The number of benzene rings is 1. The number of alkyl halides is 6. The molecule has 0 unspecified atom stereocenters. The standard InChI is InChI=1S/C15H14F6N2O4S2/c1-3-28(24,25)12-8-23(29(26,27)4-2)13(22-12)9-5-10(14(16,17)18)7-11(6-9)15(19,20)21/h5-8H,3-4H2,1-2H3.